The third-order valence-electron chi connectivity index (χ3n) is 0.372. The monoisotopic (exact) mass is 314 g/mol. The van der Waals surface area contributed by atoms with Gasteiger partial charge < -0.3 is 25.3 Å². The fourth-order valence-electron chi connectivity index (χ4n) is 0. The number of carboxylic acids is 2. The van der Waals surface area contributed by atoms with Gasteiger partial charge in [0, 0.05) is 0 Å². The van der Waals surface area contributed by atoms with Crippen LogP contribution in [-0.2, 0) is 9.59 Å². The SMILES string of the molecule is O=C(O)C(=O)O.OB(O)O.[Li][CH2]CI. The molecule has 0 saturated heterocycles. The fourth-order valence-corrected chi connectivity index (χ4v) is 0. The molecule has 0 aliphatic rings. The van der Waals surface area contributed by atoms with E-state index in [1.165, 1.54) is 9.52 Å². The molecule has 0 aromatic rings. The summed E-state index contributed by atoms with van der Waals surface area (Å²) in [5.41, 5.74) is 0. The van der Waals surface area contributed by atoms with Gasteiger partial charge in [-0.15, -0.1) is 0 Å². The number of hydrogen-bond acceptors (Lipinski definition) is 5. The molecular formula is C4H9BILiO7. The predicted molar refractivity (Wildman–Crippen MR) is 57.1 cm³/mol. The maximum absolute atomic E-state index is 9.10. The molecular weight excluding hydrogens is 305 g/mol. The standard InChI is InChI=1S/C2H4I.C2H2O4.BH3O3.Li/c1-2-3;3-1(4)2(5)6;2-1(3)4;/h1-2H2;(H,3,4)(H,5,6);2-4H;. The van der Waals surface area contributed by atoms with Crippen molar-refractivity contribution in [3.8, 4) is 0 Å². The van der Waals surface area contributed by atoms with Crippen molar-refractivity contribution in [2.75, 3.05) is 4.43 Å². The van der Waals surface area contributed by atoms with E-state index >= 15 is 0 Å². The van der Waals surface area contributed by atoms with Crippen LogP contribution in [0.2, 0.25) is 5.09 Å². The van der Waals surface area contributed by atoms with E-state index in [1.807, 2.05) is 0 Å². The van der Waals surface area contributed by atoms with E-state index in [9.17, 15) is 0 Å². The molecule has 0 aliphatic heterocycles. The number of carboxylic acid groups (broad SMARTS) is 2. The minimum atomic E-state index is -2.17. The average Bonchev–Trinajstić information content (AvgIpc) is 2.03. The van der Waals surface area contributed by atoms with Gasteiger partial charge >= 0.3 is 69.1 Å². The molecule has 0 heterocycles. The summed E-state index contributed by atoms with van der Waals surface area (Å²) in [6.45, 7) is 0. The van der Waals surface area contributed by atoms with Gasteiger partial charge in [0.2, 0.25) is 0 Å². The summed E-state index contributed by atoms with van der Waals surface area (Å²) >= 11 is 4.52. The van der Waals surface area contributed by atoms with Crippen molar-refractivity contribution in [1.29, 1.82) is 0 Å². The average molecular weight is 314 g/mol. The summed E-state index contributed by atoms with van der Waals surface area (Å²) in [6, 6.07) is 0. The Labute approximate surface area is 104 Å². The Balaban J connectivity index is -0.000000135. The van der Waals surface area contributed by atoms with Crippen molar-refractivity contribution in [1.82, 2.24) is 0 Å². The molecule has 0 atom stereocenters. The Morgan fingerprint density at radius 1 is 1.14 bits per heavy atom. The van der Waals surface area contributed by atoms with Crippen LogP contribution in [-0.4, -0.2) is 66.7 Å². The molecule has 0 amide bonds. The van der Waals surface area contributed by atoms with Gasteiger partial charge in [-0.3, -0.25) is 0 Å². The number of alkyl halides is 1. The first-order chi connectivity index (χ1) is 6.29. The first kappa shape index (κ1) is 19.7. The number of hydrogen-bond donors (Lipinski definition) is 5. The molecule has 0 spiro atoms. The molecule has 0 rings (SSSR count). The molecule has 0 aromatic carbocycles. The Bertz CT molecular complexity index is 138. The maximum atomic E-state index is 9.10. The Morgan fingerprint density at radius 3 is 1.29 bits per heavy atom. The second kappa shape index (κ2) is 15.7. The molecule has 0 aliphatic carbocycles. The van der Waals surface area contributed by atoms with Crippen LogP contribution in [0.3, 0.4) is 0 Å². The zero-order valence-corrected chi connectivity index (χ0v) is 9.58. The number of halogens is 1. The predicted octanol–water partition coefficient (Wildman–Crippen LogP) is -1.89. The molecule has 78 valence electrons. The van der Waals surface area contributed by atoms with Crippen molar-refractivity contribution in [2.45, 2.75) is 5.09 Å². The van der Waals surface area contributed by atoms with Gasteiger partial charge in [0.25, 0.3) is 0 Å². The summed E-state index contributed by atoms with van der Waals surface area (Å²) in [7, 11) is -2.17. The van der Waals surface area contributed by atoms with Crippen LogP contribution >= 0.6 is 22.6 Å². The van der Waals surface area contributed by atoms with E-state index in [1.54, 1.807) is 0 Å². The Kier molecular flexibility index (Phi) is 22.1. The Morgan fingerprint density at radius 2 is 1.29 bits per heavy atom. The summed E-state index contributed by atoms with van der Waals surface area (Å²) in [5.74, 6) is -3.65. The van der Waals surface area contributed by atoms with Crippen molar-refractivity contribution < 1.29 is 34.9 Å². The first-order valence-electron chi connectivity index (χ1n) is 3.35. The zero-order chi connectivity index (χ0) is 12.1. The summed E-state index contributed by atoms with van der Waals surface area (Å²) < 4.78 is 1.29. The Hall–Kier alpha value is 0.212. The van der Waals surface area contributed by atoms with Gasteiger partial charge in [0.1, 0.15) is 0 Å². The molecule has 0 fully saturated rings. The molecule has 0 unspecified atom stereocenters. The minimum absolute atomic E-state index is 1.29. The van der Waals surface area contributed by atoms with Crippen molar-refractivity contribution in [3.05, 3.63) is 0 Å². The van der Waals surface area contributed by atoms with Gasteiger partial charge in [0.05, 0.1) is 0 Å². The van der Waals surface area contributed by atoms with E-state index in [0.717, 1.165) is 0 Å². The summed E-state index contributed by atoms with van der Waals surface area (Å²) in [4.78, 5) is 18.2. The van der Waals surface area contributed by atoms with E-state index in [4.69, 9.17) is 34.9 Å². The van der Waals surface area contributed by atoms with E-state index < -0.39 is 19.3 Å². The molecule has 0 bridgehead atoms. The van der Waals surface area contributed by atoms with Gasteiger partial charge in [0.15, 0.2) is 0 Å². The number of aliphatic carboxylic acids is 2. The summed E-state index contributed by atoms with van der Waals surface area (Å²) in [6.07, 6.45) is 0. The summed E-state index contributed by atoms with van der Waals surface area (Å²) in [5, 5.41) is 37.6. The van der Waals surface area contributed by atoms with Gasteiger partial charge in [-0.25, -0.2) is 9.59 Å². The van der Waals surface area contributed by atoms with Crippen LogP contribution < -0.4 is 0 Å². The van der Waals surface area contributed by atoms with Crippen LogP contribution in [0, 0.1) is 0 Å². The van der Waals surface area contributed by atoms with Gasteiger partial charge in [-0.2, -0.15) is 0 Å². The fraction of sp³-hybridized carbons (Fsp3) is 0.500. The quantitative estimate of drug-likeness (QED) is 0.165. The van der Waals surface area contributed by atoms with Gasteiger partial charge in [-0.1, -0.05) is 0 Å². The second-order valence-corrected chi connectivity index (χ2v) is 2.72. The molecule has 0 aromatic heterocycles. The molecule has 5 N–H and O–H groups in total. The second-order valence-electron chi connectivity index (χ2n) is 1.65. The molecule has 14 heavy (non-hydrogen) atoms. The molecule has 0 radical (unpaired) electrons. The van der Waals surface area contributed by atoms with Crippen LogP contribution in [0.4, 0.5) is 0 Å². The molecule has 0 saturated carbocycles. The van der Waals surface area contributed by atoms with Crippen LogP contribution in [0.25, 0.3) is 0 Å². The van der Waals surface area contributed by atoms with Crippen molar-refractivity contribution in [2.24, 2.45) is 0 Å². The topological polar surface area (TPSA) is 135 Å². The number of carbonyl (C=O) groups is 2. The third kappa shape index (κ3) is 56.5. The van der Waals surface area contributed by atoms with Crippen LogP contribution in [0.15, 0.2) is 0 Å². The molecule has 10 heteroatoms. The van der Waals surface area contributed by atoms with Gasteiger partial charge in [-0.05, 0) is 0 Å². The van der Waals surface area contributed by atoms with E-state index in [2.05, 4.69) is 40.3 Å². The van der Waals surface area contributed by atoms with E-state index in [-0.39, 0.29) is 0 Å². The third-order valence-corrected chi connectivity index (χ3v) is 1.45. The molecule has 7 nitrogen and oxygen atoms in total. The first-order valence-corrected chi connectivity index (χ1v) is 4.88. The van der Waals surface area contributed by atoms with Crippen molar-refractivity contribution >= 4 is 59.6 Å². The number of rotatable bonds is 1. The van der Waals surface area contributed by atoms with Crippen molar-refractivity contribution in [3.63, 3.8) is 0 Å². The normalized spacial score (nSPS) is 7.29. The van der Waals surface area contributed by atoms with Crippen LogP contribution in [0.5, 0.6) is 0 Å². The van der Waals surface area contributed by atoms with E-state index in [0.29, 0.717) is 0 Å². The zero-order valence-electron chi connectivity index (χ0n) is 7.42. The van der Waals surface area contributed by atoms with Crippen LogP contribution in [0.1, 0.15) is 0 Å².